The Balaban J connectivity index is 2.24. The van der Waals surface area contributed by atoms with E-state index < -0.39 is 61.8 Å². The van der Waals surface area contributed by atoms with E-state index in [9.17, 15) is 32.8 Å². The van der Waals surface area contributed by atoms with Crippen LogP contribution >= 0.6 is 19.5 Å². The first kappa shape index (κ1) is 35.3. The van der Waals surface area contributed by atoms with Crippen LogP contribution in [0.15, 0.2) is 17.1 Å². The van der Waals surface area contributed by atoms with Crippen molar-refractivity contribution in [1.29, 1.82) is 0 Å². The molecule has 0 aromatic carbocycles. The van der Waals surface area contributed by atoms with E-state index in [1.54, 1.807) is 27.7 Å². The molecule has 234 valence electrons. The molecule has 1 fully saturated rings. The van der Waals surface area contributed by atoms with Crippen LogP contribution in [0.2, 0.25) is 0 Å². The second-order valence-corrected chi connectivity index (χ2v) is 13.6. The Kier molecular flexibility index (Phi) is 12.5. The summed E-state index contributed by atoms with van der Waals surface area (Å²) in [4.78, 5) is 40.3. The molecule has 13 nitrogen and oxygen atoms in total. The molecular formula is C24H39F2N4O9PS. The summed E-state index contributed by atoms with van der Waals surface area (Å²) >= 11 is 0.941. The van der Waals surface area contributed by atoms with Gasteiger partial charge in [-0.15, -0.1) is 0 Å². The molecule has 4 N–H and O–H groups in total. The minimum absolute atomic E-state index is 0.0462. The fourth-order valence-electron chi connectivity index (χ4n) is 3.61. The summed E-state index contributed by atoms with van der Waals surface area (Å²) < 4.78 is 65.3. The number of alkyl halides is 2. The van der Waals surface area contributed by atoms with Crippen LogP contribution in [-0.2, 0) is 32.7 Å². The minimum Gasteiger partial charge on any atom is -0.465 e. The van der Waals surface area contributed by atoms with E-state index >= 15 is 0 Å². The van der Waals surface area contributed by atoms with Gasteiger partial charge < -0.3 is 20.3 Å². The predicted molar refractivity (Wildman–Crippen MR) is 147 cm³/mol. The highest BCUT2D eigenvalue weighted by molar-refractivity contribution is 8.13. The van der Waals surface area contributed by atoms with Gasteiger partial charge >= 0.3 is 25.3 Å². The van der Waals surface area contributed by atoms with Crippen LogP contribution in [0.25, 0.3) is 0 Å². The third-order valence-electron chi connectivity index (χ3n) is 5.67. The molecule has 5 atom stereocenters. The number of aliphatic hydroxyl groups excluding tert-OH is 1. The number of ether oxygens (including phenoxy) is 2. The number of nitrogens with zero attached hydrogens (tertiary/aromatic N) is 2. The monoisotopic (exact) mass is 628 g/mol. The summed E-state index contributed by atoms with van der Waals surface area (Å²) in [5.41, 5.74) is 3.65. The van der Waals surface area contributed by atoms with Gasteiger partial charge in [0.1, 0.15) is 18.0 Å². The first-order valence-electron chi connectivity index (χ1n) is 13.0. The zero-order valence-electron chi connectivity index (χ0n) is 23.9. The Morgan fingerprint density at radius 1 is 1.34 bits per heavy atom. The van der Waals surface area contributed by atoms with E-state index in [0.29, 0.717) is 4.57 Å². The highest BCUT2D eigenvalue weighted by Crippen LogP contribution is 2.48. The normalized spacial score (nSPS) is 22.8. The third-order valence-corrected chi connectivity index (χ3v) is 8.56. The van der Waals surface area contributed by atoms with Crippen molar-refractivity contribution in [3.05, 3.63) is 22.7 Å². The summed E-state index contributed by atoms with van der Waals surface area (Å²) in [7, 11) is -4.45. The van der Waals surface area contributed by atoms with Crippen LogP contribution in [0.1, 0.15) is 54.2 Å². The molecule has 0 bridgehead atoms. The molecule has 17 heteroatoms. The fraction of sp³-hybridized carbons (Fsp3) is 0.750. The maximum absolute atomic E-state index is 14.9. The van der Waals surface area contributed by atoms with Gasteiger partial charge in [-0.1, -0.05) is 46.4 Å². The lowest BCUT2D eigenvalue weighted by Crippen LogP contribution is -2.42. The summed E-state index contributed by atoms with van der Waals surface area (Å²) in [6, 6.07) is -0.0388. The van der Waals surface area contributed by atoms with Crippen molar-refractivity contribution in [2.75, 3.05) is 31.3 Å². The molecule has 2 heterocycles. The lowest BCUT2D eigenvalue weighted by atomic mass is 10.00. The number of thioether (sulfide) groups is 1. The molecule has 0 radical (unpaired) electrons. The van der Waals surface area contributed by atoms with Crippen molar-refractivity contribution in [3.63, 3.8) is 0 Å². The molecule has 1 aromatic rings. The molecule has 0 spiro atoms. The number of aromatic nitrogens is 2. The lowest BCUT2D eigenvalue weighted by molar-refractivity contribution is -0.145. The maximum Gasteiger partial charge on any atom is 0.406 e. The molecule has 1 aliphatic heterocycles. The van der Waals surface area contributed by atoms with Crippen molar-refractivity contribution in [2.45, 2.75) is 78.4 Å². The molecule has 1 saturated heterocycles. The number of halogens is 2. The van der Waals surface area contributed by atoms with Crippen molar-refractivity contribution in [2.24, 2.45) is 11.3 Å². The van der Waals surface area contributed by atoms with Crippen LogP contribution < -0.4 is 16.5 Å². The number of nitrogens with two attached hydrogens (primary N) is 1. The van der Waals surface area contributed by atoms with Gasteiger partial charge in [0, 0.05) is 17.4 Å². The Morgan fingerprint density at radius 3 is 2.56 bits per heavy atom. The minimum atomic E-state index is -4.45. The van der Waals surface area contributed by atoms with Crippen LogP contribution in [0.5, 0.6) is 0 Å². The van der Waals surface area contributed by atoms with Crippen LogP contribution in [0.3, 0.4) is 0 Å². The Bertz CT molecular complexity index is 1160. The number of rotatable bonds is 14. The quantitative estimate of drug-likeness (QED) is 0.156. The molecular weight excluding hydrogens is 589 g/mol. The van der Waals surface area contributed by atoms with E-state index in [-0.39, 0.29) is 42.2 Å². The van der Waals surface area contributed by atoms with E-state index in [1.807, 2.05) is 13.8 Å². The van der Waals surface area contributed by atoms with E-state index in [4.69, 9.17) is 24.3 Å². The van der Waals surface area contributed by atoms with Gasteiger partial charge in [0.25, 0.3) is 0 Å². The Hall–Kier alpha value is -1.94. The molecule has 1 unspecified atom stereocenters. The topological polar surface area (TPSA) is 181 Å². The van der Waals surface area contributed by atoms with Gasteiger partial charge in [0.05, 0.1) is 19.8 Å². The summed E-state index contributed by atoms with van der Waals surface area (Å²) in [6.07, 6.45) is -5.37. The Labute approximate surface area is 241 Å². The molecule has 0 aliphatic carbocycles. The van der Waals surface area contributed by atoms with E-state index in [0.717, 1.165) is 24.0 Å². The molecule has 0 amide bonds. The number of hydrogen-bond acceptors (Lipinski definition) is 12. The van der Waals surface area contributed by atoms with Crippen LogP contribution in [0.4, 0.5) is 14.6 Å². The molecule has 41 heavy (non-hydrogen) atoms. The zero-order valence-corrected chi connectivity index (χ0v) is 25.6. The number of carbonyl (C=O) groups is 2. The lowest BCUT2D eigenvalue weighted by Gasteiger charge is -2.26. The number of aliphatic hydroxyl groups is 1. The average Bonchev–Trinajstić information content (AvgIpc) is 3.07. The molecule has 0 saturated carbocycles. The second-order valence-electron chi connectivity index (χ2n) is 10.8. The molecule has 1 aliphatic rings. The van der Waals surface area contributed by atoms with Crippen molar-refractivity contribution in [1.82, 2.24) is 14.6 Å². The maximum atomic E-state index is 14.9. The van der Waals surface area contributed by atoms with Gasteiger partial charge in [0.15, 0.2) is 11.2 Å². The van der Waals surface area contributed by atoms with Crippen molar-refractivity contribution < 1.29 is 46.6 Å². The van der Waals surface area contributed by atoms with Gasteiger partial charge in [0.2, 0.25) is 6.23 Å². The standard InChI is InChI=1S/C24H39F2N4O9PS/c1-7-36-19(32)15(12-14(2)3)29-40(35,37-10-11-41-21(33)23(4,5)6)38-13-16-18(31)24(25,26)20(39-16)30-9-8-17(27)28-22(30)34/h8-9,14-16,18,20,31H,7,10-13H2,1-6H3,(H,29,35)(H2,27,28,34)/t15-,16+,18+,20+,40?/m0/s1. The first-order valence-corrected chi connectivity index (χ1v) is 15.5. The smallest absolute Gasteiger partial charge is 0.406 e. The fourth-order valence-corrected chi connectivity index (χ4v) is 6.01. The van der Waals surface area contributed by atoms with Gasteiger partial charge in [-0.25, -0.2) is 14.4 Å². The van der Waals surface area contributed by atoms with E-state index in [2.05, 4.69) is 10.1 Å². The number of carbonyl (C=O) groups excluding carboxylic acids is 2. The van der Waals surface area contributed by atoms with Gasteiger partial charge in [-0.05, 0) is 25.3 Å². The summed E-state index contributed by atoms with van der Waals surface area (Å²) in [5, 5.41) is 12.7. The van der Waals surface area contributed by atoms with Crippen molar-refractivity contribution >= 4 is 36.4 Å². The van der Waals surface area contributed by atoms with Crippen LogP contribution in [0, 0.1) is 11.3 Å². The highest BCUT2D eigenvalue weighted by atomic mass is 32.2. The SMILES string of the molecule is CCOC(=O)[C@H](CC(C)C)NP(=O)(OCCSC(=O)C(C)(C)C)OC[C@H]1O[C@@H](n2ccc(N)nc2=O)C(F)(F)[C@@H]1O. The van der Waals surface area contributed by atoms with E-state index in [1.165, 1.54) is 0 Å². The van der Waals surface area contributed by atoms with Gasteiger partial charge in [-0.2, -0.15) is 13.8 Å². The number of esters is 1. The molecule has 1 aromatic heterocycles. The largest absolute Gasteiger partial charge is 0.465 e. The summed E-state index contributed by atoms with van der Waals surface area (Å²) in [6.45, 7) is 9.33. The van der Waals surface area contributed by atoms with Gasteiger partial charge in [-0.3, -0.25) is 23.2 Å². The highest BCUT2D eigenvalue weighted by Gasteiger charge is 2.60. The summed E-state index contributed by atoms with van der Waals surface area (Å²) in [5.74, 6) is -4.88. The number of nitrogen functional groups attached to an aromatic ring is 1. The second kappa shape index (κ2) is 14.5. The average molecular weight is 629 g/mol. The zero-order chi connectivity index (χ0) is 31.2. The predicted octanol–water partition coefficient (Wildman–Crippen LogP) is 2.73. The van der Waals surface area contributed by atoms with Crippen molar-refractivity contribution in [3.8, 4) is 0 Å². The number of anilines is 1. The number of nitrogens with one attached hydrogen (secondary N) is 1. The third kappa shape index (κ3) is 9.80. The first-order chi connectivity index (χ1) is 18.9. The number of hydrogen-bond donors (Lipinski definition) is 3. The molecule has 2 rings (SSSR count). The van der Waals surface area contributed by atoms with Crippen LogP contribution in [-0.4, -0.2) is 75.5 Å². The Morgan fingerprint density at radius 2 is 2.00 bits per heavy atom.